The molecule has 0 fully saturated rings. The van der Waals surface area contributed by atoms with Crippen LogP contribution in [-0.2, 0) is 11.9 Å². The highest BCUT2D eigenvalue weighted by Crippen LogP contribution is 2.30. The van der Waals surface area contributed by atoms with Crippen LogP contribution >= 0.6 is 11.8 Å². The summed E-state index contributed by atoms with van der Waals surface area (Å²) in [5.74, 6) is 1.58. The number of rotatable bonds is 5. The molecule has 0 atom stereocenters. The van der Waals surface area contributed by atoms with E-state index in [1.165, 1.54) is 23.9 Å². The summed E-state index contributed by atoms with van der Waals surface area (Å²) < 4.78 is 43.7. The molecular weight excluding hydrogens is 373 g/mol. The first-order chi connectivity index (χ1) is 12.8. The van der Waals surface area contributed by atoms with Crippen LogP contribution in [0.15, 0.2) is 59.8 Å². The number of nitrogens with zero attached hydrogens (tertiary/aromatic N) is 2. The Morgan fingerprint density at radius 3 is 2.37 bits per heavy atom. The number of benzene rings is 2. The maximum absolute atomic E-state index is 12.6. The zero-order valence-corrected chi connectivity index (χ0v) is 15.6. The minimum absolute atomic E-state index is 0.433. The number of halogens is 3. The number of aromatic nitrogens is 2. The molecule has 0 aliphatic rings. The van der Waals surface area contributed by atoms with Gasteiger partial charge >= 0.3 is 6.18 Å². The van der Waals surface area contributed by atoms with E-state index in [1.54, 1.807) is 6.07 Å². The monoisotopic (exact) mass is 390 g/mol. The minimum Gasteiger partial charge on any atom is -0.439 e. The van der Waals surface area contributed by atoms with Gasteiger partial charge in [0.25, 0.3) is 0 Å². The van der Waals surface area contributed by atoms with E-state index < -0.39 is 11.7 Å². The quantitative estimate of drug-likeness (QED) is 0.384. The van der Waals surface area contributed by atoms with Crippen molar-refractivity contribution in [2.45, 2.75) is 30.9 Å². The smallest absolute Gasteiger partial charge is 0.416 e. The third kappa shape index (κ3) is 5.47. The summed E-state index contributed by atoms with van der Waals surface area (Å²) in [5.41, 5.74) is 1.94. The molecule has 2 aromatic carbocycles. The zero-order valence-electron chi connectivity index (χ0n) is 14.7. The van der Waals surface area contributed by atoms with Gasteiger partial charge in [-0.2, -0.15) is 18.2 Å². The fourth-order valence-corrected chi connectivity index (χ4v) is 3.22. The SMILES string of the molecule is Cc1cccc(Oc2cc(C)nc(SCc3ccc(C(F)(F)F)cc3)n2)c1. The van der Waals surface area contributed by atoms with Crippen molar-refractivity contribution in [2.24, 2.45) is 0 Å². The molecule has 0 aliphatic carbocycles. The van der Waals surface area contributed by atoms with Crippen LogP contribution in [0.1, 0.15) is 22.4 Å². The van der Waals surface area contributed by atoms with Crippen LogP contribution < -0.4 is 4.74 Å². The number of thioether (sulfide) groups is 1. The Kier molecular flexibility index (Phi) is 5.70. The van der Waals surface area contributed by atoms with E-state index in [4.69, 9.17) is 4.74 Å². The molecule has 0 saturated carbocycles. The van der Waals surface area contributed by atoms with Gasteiger partial charge in [-0.1, -0.05) is 36.0 Å². The molecule has 7 heteroatoms. The van der Waals surface area contributed by atoms with E-state index in [-0.39, 0.29) is 0 Å². The lowest BCUT2D eigenvalue weighted by Crippen LogP contribution is -2.04. The Morgan fingerprint density at radius 1 is 0.963 bits per heavy atom. The van der Waals surface area contributed by atoms with Crippen LogP contribution in [-0.4, -0.2) is 9.97 Å². The van der Waals surface area contributed by atoms with Crippen LogP contribution in [0, 0.1) is 13.8 Å². The molecule has 0 bridgehead atoms. The van der Waals surface area contributed by atoms with E-state index in [1.807, 2.05) is 38.1 Å². The molecule has 1 heterocycles. The molecule has 1 aromatic heterocycles. The van der Waals surface area contributed by atoms with Gasteiger partial charge in [0.15, 0.2) is 5.16 Å². The van der Waals surface area contributed by atoms with Crippen molar-refractivity contribution >= 4 is 11.8 Å². The maximum Gasteiger partial charge on any atom is 0.416 e. The molecule has 0 amide bonds. The lowest BCUT2D eigenvalue weighted by molar-refractivity contribution is -0.137. The first-order valence-corrected chi connectivity index (χ1v) is 9.17. The molecule has 3 nitrogen and oxygen atoms in total. The average Bonchev–Trinajstić information content (AvgIpc) is 2.59. The molecule has 0 N–H and O–H groups in total. The topological polar surface area (TPSA) is 35.0 Å². The van der Waals surface area contributed by atoms with Crippen molar-refractivity contribution in [3.63, 3.8) is 0 Å². The number of aryl methyl sites for hydroxylation is 2. The summed E-state index contributed by atoms with van der Waals surface area (Å²) in [4.78, 5) is 8.74. The number of alkyl halides is 3. The Hall–Kier alpha value is -2.54. The average molecular weight is 390 g/mol. The van der Waals surface area contributed by atoms with E-state index in [0.29, 0.717) is 22.5 Å². The van der Waals surface area contributed by atoms with Gasteiger partial charge in [-0.15, -0.1) is 0 Å². The van der Waals surface area contributed by atoms with E-state index >= 15 is 0 Å². The highest BCUT2D eigenvalue weighted by atomic mass is 32.2. The second kappa shape index (κ2) is 8.00. The van der Waals surface area contributed by atoms with Gasteiger partial charge in [-0.3, -0.25) is 0 Å². The molecule has 3 rings (SSSR count). The molecule has 140 valence electrons. The predicted molar refractivity (Wildman–Crippen MR) is 99.0 cm³/mol. The van der Waals surface area contributed by atoms with E-state index in [0.717, 1.165) is 29.0 Å². The lowest BCUT2D eigenvalue weighted by Gasteiger charge is -2.09. The Bertz CT molecular complexity index is 927. The van der Waals surface area contributed by atoms with Gasteiger partial charge in [0, 0.05) is 17.5 Å². The maximum atomic E-state index is 12.6. The molecular formula is C20H17F3N2OS. The van der Waals surface area contributed by atoms with Crippen molar-refractivity contribution in [1.29, 1.82) is 0 Å². The predicted octanol–water partition coefficient (Wildman–Crippen LogP) is 6.20. The van der Waals surface area contributed by atoms with Crippen LogP contribution in [0.25, 0.3) is 0 Å². The number of hydrogen-bond acceptors (Lipinski definition) is 4. The summed E-state index contributed by atoms with van der Waals surface area (Å²) in [6.07, 6.45) is -4.33. The third-order valence-corrected chi connectivity index (χ3v) is 4.59. The van der Waals surface area contributed by atoms with Crippen molar-refractivity contribution in [2.75, 3.05) is 0 Å². The third-order valence-electron chi connectivity index (χ3n) is 3.67. The summed E-state index contributed by atoms with van der Waals surface area (Å²) in [7, 11) is 0. The van der Waals surface area contributed by atoms with Crippen LogP contribution in [0.5, 0.6) is 11.6 Å². The highest BCUT2D eigenvalue weighted by molar-refractivity contribution is 7.98. The van der Waals surface area contributed by atoms with Crippen molar-refractivity contribution in [3.8, 4) is 11.6 Å². The fourth-order valence-electron chi connectivity index (χ4n) is 2.37. The molecule has 0 unspecified atom stereocenters. The molecule has 0 radical (unpaired) electrons. The van der Waals surface area contributed by atoms with Crippen LogP contribution in [0.3, 0.4) is 0 Å². The normalized spacial score (nSPS) is 11.4. The largest absolute Gasteiger partial charge is 0.439 e. The Morgan fingerprint density at radius 2 is 1.70 bits per heavy atom. The molecule has 27 heavy (non-hydrogen) atoms. The number of ether oxygens (including phenoxy) is 1. The molecule has 3 aromatic rings. The van der Waals surface area contributed by atoms with E-state index in [9.17, 15) is 13.2 Å². The van der Waals surface area contributed by atoms with Crippen LogP contribution in [0.4, 0.5) is 13.2 Å². The van der Waals surface area contributed by atoms with Gasteiger partial charge < -0.3 is 4.74 Å². The van der Waals surface area contributed by atoms with Gasteiger partial charge in [0.1, 0.15) is 5.75 Å². The summed E-state index contributed by atoms with van der Waals surface area (Å²) in [5, 5.41) is 0.512. The molecule has 0 saturated heterocycles. The highest BCUT2D eigenvalue weighted by Gasteiger charge is 2.29. The first-order valence-electron chi connectivity index (χ1n) is 8.19. The van der Waals surface area contributed by atoms with Gasteiger partial charge in [-0.25, -0.2) is 4.98 Å². The summed E-state index contributed by atoms with van der Waals surface area (Å²) in [6, 6.07) is 14.5. The van der Waals surface area contributed by atoms with Crippen LogP contribution in [0.2, 0.25) is 0 Å². The number of hydrogen-bond donors (Lipinski definition) is 0. The first kappa shape index (κ1) is 19.2. The van der Waals surface area contributed by atoms with Gasteiger partial charge in [0.05, 0.1) is 5.56 Å². The fraction of sp³-hybridized carbons (Fsp3) is 0.200. The van der Waals surface area contributed by atoms with Crippen molar-refractivity contribution in [3.05, 3.63) is 77.0 Å². The standard InChI is InChI=1S/C20H17F3N2OS/c1-13-4-3-5-17(10-13)26-18-11-14(2)24-19(25-18)27-12-15-6-8-16(9-7-15)20(21,22)23/h3-11H,12H2,1-2H3. The second-order valence-corrected chi connectivity index (χ2v) is 6.97. The van der Waals surface area contributed by atoms with Gasteiger partial charge in [-0.05, 0) is 49.2 Å². The lowest BCUT2D eigenvalue weighted by atomic mass is 10.1. The zero-order chi connectivity index (χ0) is 19.4. The summed E-state index contributed by atoms with van der Waals surface area (Å²) in [6.45, 7) is 3.82. The van der Waals surface area contributed by atoms with Gasteiger partial charge in [0.2, 0.25) is 5.88 Å². The van der Waals surface area contributed by atoms with E-state index in [2.05, 4.69) is 9.97 Å². The Balaban J connectivity index is 1.69. The molecule has 0 spiro atoms. The molecule has 0 aliphatic heterocycles. The Labute approximate surface area is 159 Å². The van der Waals surface area contributed by atoms with Crippen molar-refractivity contribution in [1.82, 2.24) is 9.97 Å². The van der Waals surface area contributed by atoms with Crippen molar-refractivity contribution < 1.29 is 17.9 Å². The summed E-state index contributed by atoms with van der Waals surface area (Å²) >= 11 is 1.35. The minimum atomic E-state index is -4.33. The second-order valence-electron chi connectivity index (χ2n) is 6.03.